The normalized spacial score (nSPS) is 10.0. The van der Waals surface area contributed by atoms with Crippen molar-refractivity contribution in [2.24, 2.45) is 0 Å². The van der Waals surface area contributed by atoms with Gasteiger partial charge in [0.25, 0.3) is 5.69 Å². The number of carbonyl (C=O) groups excluding carboxylic acids is 1. The van der Waals surface area contributed by atoms with Crippen LogP contribution in [-0.4, -0.2) is 22.0 Å². The molecule has 0 bridgehead atoms. The van der Waals surface area contributed by atoms with Crippen LogP contribution in [0.3, 0.4) is 0 Å². The molecule has 0 radical (unpaired) electrons. The molecule has 112 valence electrons. The van der Waals surface area contributed by atoms with E-state index in [4.69, 9.17) is 21.4 Å². The molecule has 0 fully saturated rings. The molecule has 0 aromatic heterocycles. The zero-order chi connectivity index (χ0) is 16.3. The molecule has 0 aliphatic carbocycles. The van der Waals surface area contributed by atoms with Crippen molar-refractivity contribution < 1.29 is 24.4 Å². The number of nitrogens with zero attached hydrogens (tertiary/aromatic N) is 1. The van der Waals surface area contributed by atoms with Crippen LogP contribution in [-0.2, 0) is 0 Å². The van der Waals surface area contributed by atoms with E-state index < -0.39 is 16.9 Å². The van der Waals surface area contributed by atoms with Gasteiger partial charge in [-0.25, -0.2) is 9.59 Å². The van der Waals surface area contributed by atoms with Crippen molar-refractivity contribution >= 4 is 29.2 Å². The van der Waals surface area contributed by atoms with Crippen molar-refractivity contribution in [2.45, 2.75) is 0 Å². The number of ether oxygens (including phenoxy) is 1. The predicted octanol–water partition coefficient (Wildman–Crippen LogP) is 3.17. The van der Waals surface area contributed by atoms with Gasteiger partial charge in [0.05, 0.1) is 10.5 Å². The summed E-state index contributed by atoms with van der Waals surface area (Å²) in [4.78, 5) is 33.0. The second-order valence-electron chi connectivity index (χ2n) is 4.14. The fraction of sp³-hybridized carbons (Fsp3) is 0. The van der Waals surface area contributed by atoms with Gasteiger partial charge in [0.1, 0.15) is 11.3 Å². The van der Waals surface area contributed by atoms with Crippen molar-refractivity contribution in [1.82, 2.24) is 0 Å². The number of esters is 1. The van der Waals surface area contributed by atoms with Crippen molar-refractivity contribution in [3.8, 4) is 5.75 Å². The van der Waals surface area contributed by atoms with Crippen LogP contribution >= 0.6 is 11.6 Å². The summed E-state index contributed by atoms with van der Waals surface area (Å²) >= 11 is 5.69. The van der Waals surface area contributed by atoms with E-state index in [1.165, 1.54) is 24.3 Å². The van der Waals surface area contributed by atoms with Crippen molar-refractivity contribution in [1.29, 1.82) is 0 Å². The second kappa shape index (κ2) is 6.23. The first-order valence-corrected chi connectivity index (χ1v) is 6.26. The Morgan fingerprint density at radius 1 is 1.14 bits per heavy atom. The first kappa shape index (κ1) is 15.5. The molecule has 0 aliphatic rings. The molecule has 22 heavy (non-hydrogen) atoms. The lowest BCUT2D eigenvalue weighted by Gasteiger charge is -2.07. The summed E-state index contributed by atoms with van der Waals surface area (Å²) in [6.45, 7) is 0. The molecule has 1 N–H and O–H groups in total. The van der Waals surface area contributed by atoms with Gasteiger partial charge in [-0.2, -0.15) is 0 Å². The molecule has 0 heterocycles. The minimum Gasteiger partial charge on any atom is -0.478 e. The maximum Gasteiger partial charge on any atom is 0.343 e. The quantitative estimate of drug-likeness (QED) is 0.401. The Kier molecular flexibility index (Phi) is 4.38. The molecule has 2 aromatic rings. The molecule has 0 saturated carbocycles. The number of benzene rings is 2. The predicted molar refractivity (Wildman–Crippen MR) is 76.5 cm³/mol. The molecule has 7 nitrogen and oxygen atoms in total. The molecule has 0 unspecified atom stereocenters. The summed E-state index contributed by atoms with van der Waals surface area (Å²) in [7, 11) is 0. The standard InChI is InChI=1S/C14H8ClNO6/c15-9-3-6-12(11(7-9)13(17)18)22-14(19)8-1-4-10(5-2-8)16(20)21/h1-7H,(H,17,18). The summed E-state index contributed by atoms with van der Waals surface area (Å²) in [6.07, 6.45) is 0. The number of carboxylic acid groups (broad SMARTS) is 1. The largest absolute Gasteiger partial charge is 0.478 e. The maximum atomic E-state index is 11.9. The summed E-state index contributed by atoms with van der Waals surface area (Å²) in [6, 6.07) is 8.53. The van der Waals surface area contributed by atoms with E-state index in [1.54, 1.807) is 0 Å². The van der Waals surface area contributed by atoms with Gasteiger partial charge in [-0.1, -0.05) is 11.6 Å². The average Bonchev–Trinajstić information content (AvgIpc) is 2.48. The highest BCUT2D eigenvalue weighted by molar-refractivity contribution is 6.31. The van der Waals surface area contributed by atoms with E-state index in [9.17, 15) is 19.7 Å². The number of nitro benzene ring substituents is 1. The summed E-state index contributed by atoms with van der Waals surface area (Å²) in [5.74, 6) is -2.30. The van der Waals surface area contributed by atoms with Crippen molar-refractivity contribution in [2.75, 3.05) is 0 Å². The third kappa shape index (κ3) is 3.39. The van der Waals surface area contributed by atoms with Crippen LogP contribution in [0.25, 0.3) is 0 Å². The number of halogens is 1. The second-order valence-corrected chi connectivity index (χ2v) is 4.58. The third-order valence-electron chi connectivity index (χ3n) is 2.69. The molecule has 2 aromatic carbocycles. The van der Waals surface area contributed by atoms with Gasteiger partial charge < -0.3 is 9.84 Å². The molecule has 2 rings (SSSR count). The van der Waals surface area contributed by atoms with E-state index in [0.29, 0.717) is 0 Å². The number of carboxylic acids is 1. The van der Waals surface area contributed by atoms with E-state index in [2.05, 4.69) is 0 Å². The van der Waals surface area contributed by atoms with Crippen LogP contribution in [0, 0.1) is 10.1 Å². The highest BCUT2D eigenvalue weighted by Gasteiger charge is 2.17. The fourth-order valence-electron chi connectivity index (χ4n) is 1.64. The average molecular weight is 322 g/mol. The number of carbonyl (C=O) groups is 2. The zero-order valence-electron chi connectivity index (χ0n) is 10.9. The van der Waals surface area contributed by atoms with Gasteiger partial charge in [-0.05, 0) is 30.3 Å². The van der Waals surface area contributed by atoms with Crippen LogP contribution in [0.4, 0.5) is 5.69 Å². The molecular formula is C14H8ClNO6. The minimum absolute atomic E-state index is 0.0527. The molecule has 8 heteroatoms. The number of aromatic carboxylic acids is 1. The fourth-order valence-corrected chi connectivity index (χ4v) is 1.81. The number of hydrogen-bond donors (Lipinski definition) is 1. The Labute approximate surface area is 128 Å². The summed E-state index contributed by atoms with van der Waals surface area (Å²) < 4.78 is 5.00. The smallest absolute Gasteiger partial charge is 0.343 e. The number of nitro groups is 1. The van der Waals surface area contributed by atoms with E-state index in [1.807, 2.05) is 0 Å². The lowest BCUT2D eigenvalue weighted by molar-refractivity contribution is -0.384. The lowest BCUT2D eigenvalue weighted by atomic mass is 10.2. The number of rotatable bonds is 4. The van der Waals surface area contributed by atoms with Gasteiger partial charge >= 0.3 is 11.9 Å². The van der Waals surface area contributed by atoms with Crippen LogP contribution in [0.5, 0.6) is 5.75 Å². The highest BCUT2D eigenvalue weighted by Crippen LogP contribution is 2.24. The van der Waals surface area contributed by atoms with Gasteiger partial charge in [-0.15, -0.1) is 0 Å². The Balaban J connectivity index is 2.25. The maximum absolute atomic E-state index is 11.9. The van der Waals surface area contributed by atoms with E-state index in [-0.39, 0.29) is 27.6 Å². The van der Waals surface area contributed by atoms with Crippen LogP contribution in [0.2, 0.25) is 5.02 Å². The Bertz CT molecular complexity index is 756. The number of hydrogen-bond acceptors (Lipinski definition) is 5. The van der Waals surface area contributed by atoms with Crippen LogP contribution in [0.1, 0.15) is 20.7 Å². The molecule has 0 atom stereocenters. The monoisotopic (exact) mass is 321 g/mol. The minimum atomic E-state index is -1.30. The van der Waals surface area contributed by atoms with Gasteiger partial charge in [0.15, 0.2) is 0 Å². The van der Waals surface area contributed by atoms with Gasteiger partial charge in [0.2, 0.25) is 0 Å². The summed E-state index contributed by atoms with van der Waals surface area (Å²) in [5.41, 5.74) is -0.381. The molecule has 0 aliphatic heterocycles. The van der Waals surface area contributed by atoms with Gasteiger partial charge in [0, 0.05) is 17.2 Å². The SMILES string of the molecule is O=C(Oc1ccc(Cl)cc1C(=O)O)c1ccc([N+](=O)[O-])cc1. The Morgan fingerprint density at radius 3 is 2.32 bits per heavy atom. The Hall–Kier alpha value is -2.93. The molecule has 0 amide bonds. The Morgan fingerprint density at radius 2 is 1.77 bits per heavy atom. The molecule has 0 saturated heterocycles. The number of non-ortho nitro benzene ring substituents is 1. The zero-order valence-corrected chi connectivity index (χ0v) is 11.6. The van der Waals surface area contributed by atoms with Crippen molar-refractivity contribution in [3.05, 3.63) is 68.7 Å². The lowest BCUT2D eigenvalue weighted by Crippen LogP contribution is -2.11. The van der Waals surface area contributed by atoms with E-state index in [0.717, 1.165) is 18.2 Å². The first-order chi connectivity index (χ1) is 10.4. The van der Waals surface area contributed by atoms with Crippen LogP contribution in [0.15, 0.2) is 42.5 Å². The molecular weight excluding hydrogens is 314 g/mol. The third-order valence-corrected chi connectivity index (χ3v) is 2.92. The van der Waals surface area contributed by atoms with Gasteiger partial charge in [-0.3, -0.25) is 10.1 Å². The first-order valence-electron chi connectivity index (χ1n) is 5.88. The highest BCUT2D eigenvalue weighted by atomic mass is 35.5. The van der Waals surface area contributed by atoms with Crippen molar-refractivity contribution in [3.63, 3.8) is 0 Å². The van der Waals surface area contributed by atoms with Crippen LogP contribution < -0.4 is 4.74 Å². The topological polar surface area (TPSA) is 107 Å². The molecule has 0 spiro atoms. The van der Waals surface area contributed by atoms with E-state index >= 15 is 0 Å². The summed E-state index contributed by atoms with van der Waals surface area (Å²) in [5, 5.41) is 19.8.